The third-order valence-electron chi connectivity index (χ3n) is 2.36. The Bertz CT molecular complexity index is 149. The van der Waals surface area contributed by atoms with Gasteiger partial charge in [-0.15, -0.1) is 6.58 Å². The fraction of sp³-hybridized carbons (Fsp3) is 0.600. The minimum absolute atomic E-state index is 0.176. The molecule has 11 heavy (non-hydrogen) atoms. The van der Waals surface area contributed by atoms with Gasteiger partial charge in [-0.2, -0.15) is 0 Å². The van der Waals surface area contributed by atoms with E-state index in [1.807, 2.05) is 12.2 Å². The zero-order valence-corrected chi connectivity index (χ0v) is 6.87. The predicted molar refractivity (Wildman–Crippen MR) is 47.3 cm³/mol. The number of aliphatic hydroxyl groups excluding tert-OH is 1. The number of aliphatic hydroxyl groups is 1. The molecule has 0 spiro atoms. The first-order valence-corrected chi connectivity index (χ1v) is 4.27. The quantitative estimate of drug-likeness (QED) is 0.614. The highest BCUT2D eigenvalue weighted by Gasteiger charge is 2.19. The highest BCUT2D eigenvalue weighted by molar-refractivity contribution is 4.96. The Morgan fingerprint density at radius 1 is 1.36 bits per heavy atom. The number of hydrogen-bond acceptors (Lipinski definition) is 1. The molecule has 0 aliphatic heterocycles. The van der Waals surface area contributed by atoms with E-state index in [9.17, 15) is 0 Å². The standard InChI is InChI=1S/C10H16O/c1-2-9-5-6-10(8-9)4-3-7-11/h2-4,9-11H,1,5-8H2. The highest BCUT2D eigenvalue weighted by Crippen LogP contribution is 2.31. The summed E-state index contributed by atoms with van der Waals surface area (Å²) in [7, 11) is 0. The molecule has 1 rings (SSSR count). The van der Waals surface area contributed by atoms with Crippen LogP contribution in [0.4, 0.5) is 0 Å². The van der Waals surface area contributed by atoms with Gasteiger partial charge in [-0.3, -0.25) is 0 Å². The summed E-state index contributed by atoms with van der Waals surface area (Å²) in [5.41, 5.74) is 0. The van der Waals surface area contributed by atoms with E-state index in [2.05, 4.69) is 12.7 Å². The molecule has 1 saturated carbocycles. The molecule has 1 aliphatic rings. The van der Waals surface area contributed by atoms with Gasteiger partial charge in [0.1, 0.15) is 0 Å². The molecule has 0 aromatic rings. The third-order valence-corrected chi connectivity index (χ3v) is 2.36. The first kappa shape index (κ1) is 8.54. The molecule has 2 unspecified atom stereocenters. The van der Waals surface area contributed by atoms with Gasteiger partial charge in [-0.05, 0) is 31.1 Å². The van der Waals surface area contributed by atoms with Crippen molar-refractivity contribution < 1.29 is 5.11 Å². The van der Waals surface area contributed by atoms with Crippen molar-refractivity contribution in [2.24, 2.45) is 11.8 Å². The normalized spacial score (nSPS) is 31.4. The summed E-state index contributed by atoms with van der Waals surface area (Å²) in [4.78, 5) is 0. The summed E-state index contributed by atoms with van der Waals surface area (Å²) < 4.78 is 0. The molecular weight excluding hydrogens is 136 g/mol. The van der Waals surface area contributed by atoms with Crippen LogP contribution in [0.25, 0.3) is 0 Å². The van der Waals surface area contributed by atoms with Crippen molar-refractivity contribution in [3.05, 3.63) is 24.8 Å². The Balaban J connectivity index is 2.29. The molecule has 1 nitrogen and oxygen atoms in total. The Kier molecular flexibility index (Phi) is 3.37. The Morgan fingerprint density at radius 2 is 2.09 bits per heavy atom. The lowest BCUT2D eigenvalue weighted by Crippen LogP contribution is -1.90. The van der Waals surface area contributed by atoms with Gasteiger partial charge in [0.25, 0.3) is 0 Å². The summed E-state index contributed by atoms with van der Waals surface area (Å²) in [5, 5.41) is 8.54. The van der Waals surface area contributed by atoms with Gasteiger partial charge in [-0.25, -0.2) is 0 Å². The maximum atomic E-state index is 8.54. The van der Waals surface area contributed by atoms with Gasteiger partial charge < -0.3 is 5.11 Å². The van der Waals surface area contributed by atoms with E-state index in [-0.39, 0.29) is 6.61 Å². The Labute approximate surface area is 68.4 Å². The predicted octanol–water partition coefficient (Wildman–Crippen LogP) is 2.14. The van der Waals surface area contributed by atoms with Crippen molar-refractivity contribution in [3.8, 4) is 0 Å². The van der Waals surface area contributed by atoms with Gasteiger partial charge >= 0.3 is 0 Å². The van der Waals surface area contributed by atoms with Crippen LogP contribution in [-0.2, 0) is 0 Å². The molecule has 0 heterocycles. The van der Waals surface area contributed by atoms with Crippen molar-refractivity contribution in [3.63, 3.8) is 0 Å². The van der Waals surface area contributed by atoms with Crippen LogP contribution in [0, 0.1) is 11.8 Å². The minimum Gasteiger partial charge on any atom is -0.392 e. The first-order valence-electron chi connectivity index (χ1n) is 4.27. The summed E-state index contributed by atoms with van der Waals surface area (Å²) in [6.07, 6.45) is 9.77. The lowest BCUT2D eigenvalue weighted by molar-refractivity contribution is 0.341. The minimum atomic E-state index is 0.176. The summed E-state index contributed by atoms with van der Waals surface area (Å²) in [5.74, 6) is 1.40. The smallest absolute Gasteiger partial charge is 0.0612 e. The lowest BCUT2D eigenvalue weighted by Gasteiger charge is -2.01. The van der Waals surface area contributed by atoms with E-state index in [4.69, 9.17) is 5.11 Å². The third kappa shape index (κ3) is 2.51. The van der Waals surface area contributed by atoms with Crippen molar-refractivity contribution in [1.82, 2.24) is 0 Å². The van der Waals surface area contributed by atoms with E-state index in [0.29, 0.717) is 11.8 Å². The van der Waals surface area contributed by atoms with Crippen molar-refractivity contribution in [2.75, 3.05) is 6.61 Å². The van der Waals surface area contributed by atoms with Gasteiger partial charge in [-0.1, -0.05) is 18.2 Å². The van der Waals surface area contributed by atoms with Gasteiger partial charge in [0, 0.05) is 0 Å². The average Bonchev–Trinajstić information content (AvgIpc) is 2.48. The second-order valence-corrected chi connectivity index (χ2v) is 3.18. The van der Waals surface area contributed by atoms with E-state index >= 15 is 0 Å². The summed E-state index contributed by atoms with van der Waals surface area (Å²) >= 11 is 0. The van der Waals surface area contributed by atoms with Crippen LogP contribution in [0.2, 0.25) is 0 Å². The molecule has 1 fully saturated rings. The molecule has 0 radical (unpaired) electrons. The summed E-state index contributed by atoms with van der Waals surface area (Å²) in [6.45, 7) is 3.96. The fourth-order valence-electron chi connectivity index (χ4n) is 1.69. The summed E-state index contributed by atoms with van der Waals surface area (Å²) in [6, 6.07) is 0. The molecule has 0 amide bonds. The van der Waals surface area contributed by atoms with E-state index in [1.165, 1.54) is 19.3 Å². The highest BCUT2D eigenvalue weighted by atomic mass is 16.2. The molecular formula is C10H16O. The van der Waals surface area contributed by atoms with Crippen molar-refractivity contribution >= 4 is 0 Å². The zero-order chi connectivity index (χ0) is 8.10. The molecule has 1 N–H and O–H groups in total. The van der Waals surface area contributed by atoms with Crippen LogP contribution in [-0.4, -0.2) is 11.7 Å². The molecule has 0 aromatic carbocycles. The Morgan fingerprint density at radius 3 is 2.64 bits per heavy atom. The lowest BCUT2D eigenvalue weighted by atomic mass is 10.0. The van der Waals surface area contributed by atoms with Crippen molar-refractivity contribution in [1.29, 1.82) is 0 Å². The monoisotopic (exact) mass is 152 g/mol. The average molecular weight is 152 g/mol. The van der Waals surface area contributed by atoms with Crippen LogP contribution in [0.5, 0.6) is 0 Å². The number of rotatable bonds is 3. The molecule has 0 bridgehead atoms. The number of hydrogen-bond donors (Lipinski definition) is 1. The van der Waals surface area contributed by atoms with Crippen LogP contribution >= 0.6 is 0 Å². The van der Waals surface area contributed by atoms with E-state index in [1.54, 1.807) is 0 Å². The maximum absolute atomic E-state index is 8.54. The van der Waals surface area contributed by atoms with Crippen LogP contribution in [0.1, 0.15) is 19.3 Å². The van der Waals surface area contributed by atoms with E-state index in [0.717, 1.165) is 0 Å². The molecule has 0 saturated heterocycles. The van der Waals surface area contributed by atoms with Gasteiger partial charge in [0.2, 0.25) is 0 Å². The zero-order valence-electron chi connectivity index (χ0n) is 6.87. The van der Waals surface area contributed by atoms with Crippen molar-refractivity contribution in [2.45, 2.75) is 19.3 Å². The molecule has 1 heteroatoms. The molecule has 62 valence electrons. The van der Waals surface area contributed by atoms with Crippen LogP contribution < -0.4 is 0 Å². The van der Waals surface area contributed by atoms with Gasteiger partial charge in [0.05, 0.1) is 6.61 Å². The van der Waals surface area contributed by atoms with Crippen LogP contribution in [0.3, 0.4) is 0 Å². The molecule has 1 aliphatic carbocycles. The van der Waals surface area contributed by atoms with E-state index < -0.39 is 0 Å². The SMILES string of the molecule is C=CC1CCC(C=CCO)C1. The number of allylic oxidation sites excluding steroid dienone is 2. The molecule has 2 atom stereocenters. The topological polar surface area (TPSA) is 20.2 Å². The maximum Gasteiger partial charge on any atom is 0.0612 e. The fourth-order valence-corrected chi connectivity index (χ4v) is 1.69. The second kappa shape index (κ2) is 4.35. The van der Waals surface area contributed by atoms with Gasteiger partial charge in [0.15, 0.2) is 0 Å². The molecule has 0 aromatic heterocycles. The second-order valence-electron chi connectivity index (χ2n) is 3.18. The largest absolute Gasteiger partial charge is 0.392 e. The van der Waals surface area contributed by atoms with Crippen LogP contribution in [0.15, 0.2) is 24.8 Å². The Hall–Kier alpha value is -0.560. The first-order chi connectivity index (χ1) is 5.36.